The fraction of sp³-hybridized carbons (Fsp3) is 0.188. The maximum atomic E-state index is 11.7. The summed E-state index contributed by atoms with van der Waals surface area (Å²) in [4.78, 5) is 11.7. The van der Waals surface area contributed by atoms with E-state index in [1.165, 1.54) is 12.7 Å². The highest BCUT2D eigenvalue weighted by Crippen LogP contribution is 2.22. The molecule has 2 rings (SSSR count). The van der Waals surface area contributed by atoms with E-state index < -0.39 is 0 Å². The SMILES string of the molecule is COC(=O)c1ccccc1NC(C)c1ccccc1. The van der Waals surface area contributed by atoms with Crippen molar-refractivity contribution in [2.45, 2.75) is 13.0 Å². The Labute approximate surface area is 113 Å². The van der Waals surface area contributed by atoms with Crippen LogP contribution in [-0.2, 0) is 4.74 Å². The molecule has 2 aromatic rings. The lowest BCUT2D eigenvalue weighted by molar-refractivity contribution is 0.0602. The Morgan fingerprint density at radius 3 is 2.37 bits per heavy atom. The van der Waals surface area contributed by atoms with E-state index in [1.807, 2.05) is 36.4 Å². The monoisotopic (exact) mass is 255 g/mol. The average Bonchev–Trinajstić information content (AvgIpc) is 2.48. The topological polar surface area (TPSA) is 38.3 Å². The Morgan fingerprint density at radius 1 is 1.05 bits per heavy atom. The van der Waals surface area contributed by atoms with E-state index >= 15 is 0 Å². The van der Waals surface area contributed by atoms with Crippen LogP contribution in [0, 0.1) is 0 Å². The first-order chi connectivity index (χ1) is 9.22. The van der Waals surface area contributed by atoms with Crippen molar-refractivity contribution in [3.8, 4) is 0 Å². The zero-order chi connectivity index (χ0) is 13.7. The molecule has 19 heavy (non-hydrogen) atoms. The second-order valence-electron chi connectivity index (χ2n) is 4.31. The van der Waals surface area contributed by atoms with Crippen molar-refractivity contribution in [1.82, 2.24) is 0 Å². The number of hydrogen-bond acceptors (Lipinski definition) is 3. The van der Waals surface area contributed by atoms with Gasteiger partial charge in [0.25, 0.3) is 0 Å². The Kier molecular flexibility index (Phi) is 4.18. The lowest BCUT2D eigenvalue weighted by Gasteiger charge is -2.17. The Balaban J connectivity index is 2.22. The molecular weight excluding hydrogens is 238 g/mol. The van der Waals surface area contributed by atoms with E-state index in [1.54, 1.807) is 6.07 Å². The van der Waals surface area contributed by atoms with Gasteiger partial charge in [-0.05, 0) is 24.6 Å². The van der Waals surface area contributed by atoms with E-state index in [0.717, 1.165) is 5.69 Å². The second-order valence-corrected chi connectivity index (χ2v) is 4.31. The van der Waals surface area contributed by atoms with Gasteiger partial charge >= 0.3 is 5.97 Å². The number of ether oxygens (including phenoxy) is 1. The fourth-order valence-corrected chi connectivity index (χ4v) is 1.96. The molecule has 0 saturated heterocycles. The van der Waals surface area contributed by atoms with Gasteiger partial charge in [0.15, 0.2) is 0 Å². The van der Waals surface area contributed by atoms with Crippen LogP contribution in [0.3, 0.4) is 0 Å². The third-order valence-electron chi connectivity index (χ3n) is 3.00. The average molecular weight is 255 g/mol. The number of anilines is 1. The van der Waals surface area contributed by atoms with Crippen LogP contribution in [0.4, 0.5) is 5.69 Å². The van der Waals surface area contributed by atoms with Gasteiger partial charge in [-0.2, -0.15) is 0 Å². The molecule has 0 aliphatic carbocycles. The standard InChI is InChI=1S/C16H17NO2/c1-12(13-8-4-3-5-9-13)17-15-11-7-6-10-14(15)16(18)19-2/h3-12,17H,1-2H3. The zero-order valence-electron chi connectivity index (χ0n) is 11.1. The van der Waals surface area contributed by atoms with Crippen LogP contribution in [0.1, 0.15) is 28.9 Å². The number of hydrogen-bond donors (Lipinski definition) is 1. The zero-order valence-corrected chi connectivity index (χ0v) is 11.1. The van der Waals surface area contributed by atoms with Gasteiger partial charge in [-0.25, -0.2) is 4.79 Å². The molecule has 0 fully saturated rings. The van der Waals surface area contributed by atoms with E-state index in [0.29, 0.717) is 5.56 Å². The Hall–Kier alpha value is -2.29. The second kappa shape index (κ2) is 6.05. The van der Waals surface area contributed by atoms with Crippen molar-refractivity contribution in [1.29, 1.82) is 0 Å². The predicted molar refractivity (Wildman–Crippen MR) is 76.3 cm³/mol. The lowest BCUT2D eigenvalue weighted by Crippen LogP contribution is -2.11. The first-order valence-electron chi connectivity index (χ1n) is 6.21. The normalized spacial score (nSPS) is 11.7. The molecule has 1 atom stereocenters. The molecule has 0 aliphatic rings. The van der Waals surface area contributed by atoms with E-state index in [2.05, 4.69) is 24.4 Å². The van der Waals surface area contributed by atoms with Crippen molar-refractivity contribution >= 4 is 11.7 Å². The quantitative estimate of drug-likeness (QED) is 0.847. The third kappa shape index (κ3) is 3.13. The molecule has 3 nitrogen and oxygen atoms in total. The van der Waals surface area contributed by atoms with Crippen molar-refractivity contribution < 1.29 is 9.53 Å². The van der Waals surface area contributed by atoms with E-state index in [9.17, 15) is 4.79 Å². The number of esters is 1. The number of carbonyl (C=O) groups excluding carboxylic acids is 1. The van der Waals surface area contributed by atoms with Gasteiger partial charge in [-0.3, -0.25) is 0 Å². The number of nitrogens with one attached hydrogen (secondary N) is 1. The van der Waals surface area contributed by atoms with Gasteiger partial charge in [0.05, 0.1) is 12.7 Å². The highest BCUT2D eigenvalue weighted by atomic mass is 16.5. The largest absolute Gasteiger partial charge is 0.465 e. The number of methoxy groups -OCH3 is 1. The predicted octanol–water partition coefficient (Wildman–Crippen LogP) is 3.65. The maximum Gasteiger partial charge on any atom is 0.339 e. The van der Waals surface area contributed by atoms with Crippen LogP contribution in [0.25, 0.3) is 0 Å². The summed E-state index contributed by atoms with van der Waals surface area (Å²) in [5.41, 5.74) is 2.50. The van der Waals surface area contributed by atoms with E-state index in [4.69, 9.17) is 4.74 Å². The summed E-state index contributed by atoms with van der Waals surface area (Å²) in [6, 6.07) is 17.6. The summed E-state index contributed by atoms with van der Waals surface area (Å²) >= 11 is 0. The summed E-state index contributed by atoms with van der Waals surface area (Å²) in [6.45, 7) is 2.06. The molecule has 0 saturated carbocycles. The Morgan fingerprint density at radius 2 is 1.68 bits per heavy atom. The van der Waals surface area contributed by atoms with Gasteiger partial charge in [0, 0.05) is 11.7 Å². The summed E-state index contributed by atoms with van der Waals surface area (Å²) in [5, 5.41) is 3.34. The smallest absolute Gasteiger partial charge is 0.339 e. The van der Waals surface area contributed by atoms with Gasteiger partial charge in [0.1, 0.15) is 0 Å². The molecule has 0 aromatic heterocycles. The van der Waals surface area contributed by atoms with E-state index in [-0.39, 0.29) is 12.0 Å². The molecule has 2 aromatic carbocycles. The van der Waals surface area contributed by atoms with Crippen LogP contribution in [-0.4, -0.2) is 13.1 Å². The number of benzene rings is 2. The van der Waals surface area contributed by atoms with Crippen molar-refractivity contribution in [2.75, 3.05) is 12.4 Å². The summed E-state index contributed by atoms with van der Waals surface area (Å²) in [7, 11) is 1.39. The molecule has 0 spiro atoms. The molecule has 0 amide bonds. The first kappa shape index (κ1) is 13.1. The van der Waals surface area contributed by atoms with Crippen LogP contribution in [0.5, 0.6) is 0 Å². The molecule has 0 heterocycles. The number of rotatable bonds is 4. The van der Waals surface area contributed by atoms with Crippen LogP contribution >= 0.6 is 0 Å². The fourth-order valence-electron chi connectivity index (χ4n) is 1.96. The molecule has 1 N–H and O–H groups in total. The summed E-state index contributed by atoms with van der Waals surface area (Å²) < 4.78 is 4.79. The van der Waals surface area contributed by atoms with Crippen LogP contribution in [0.15, 0.2) is 54.6 Å². The Bertz CT molecular complexity index is 552. The van der Waals surface area contributed by atoms with Gasteiger partial charge in [-0.1, -0.05) is 42.5 Å². The van der Waals surface area contributed by atoms with Crippen LogP contribution < -0.4 is 5.32 Å². The van der Waals surface area contributed by atoms with Gasteiger partial charge in [0.2, 0.25) is 0 Å². The highest BCUT2D eigenvalue weighted by molar-refractivity contribution is 5.95. The van der Waals surface area contributed by atoms with Gasteiger partial charge < -0.3 is 10.1 Å². The molecule has 3 heteroatoms. The van der Waals surface area contributed by atoms with Gasteiger partial charge in [-0.15, -0.1) is 0 Å². The maximum absolute atomic E-state index is 11.7. The molecule has 0 aliphatic heterocycles. The third-order valence-corrected chi connectivity index (χ3v) is 3.00. The lowest BCUT2D eigenvalue weighted by atomic mass is 10.1. The highest BCUT2D eigenvalue weighted by Gasteiger charge is 2.13. The van der Waals surface area contributed by atoms with Crippen molar-refractivity contribution in [2.24, 2.45) is 0 Å². The first-order valence-corrected chi connectivity index (χ1v) is 6.21. The molecule has 98 valence electrons. The summed E-state index contributed by atoms with van der Waals surface area (Å²) in [5.74, 6) is -0.330. The molecule has 0 radical (unpaired) electrons. The number of carbonyl (C=O) groups is 1. The minimum atomic E-state index is -0.330. The summed E-state index contributed by atoms with van der Waals surface area (Å²) in [6.07, 6.45) is 0. The molecular formula is C16H17NO2. The minimum Gasteiger partial charge on any atom is -0.465 e. The van der Waals surface area contributed by atoms with Crippen LogP contribution in [0.2, 0.25) is 0 Å². The molecule has 1 unspecified atom stereocenters. The van der Waals surface area contributed by atoms with Crippen molar-refractivity contribution in [3.05, 3.63) is 65.7 Å². The van der Waals surface area contributed by atoms with Crippen molar-refractivity contribution in [3.63, 3.8) is 0 Å². The minimum absolute atomic E-state index is 0.118. The number of para-hydroxylation sites is 1. The molecule has 0 bridgehead atoms.